The van der Waals surface area contributed by atoms with Crippen LogP contribution >= 0.6 is 23.2 Å². The van der Waals surface area contributed by atoms with Crippen LogP contribution in [-0.2, 0) is 17.6 Å². The van der Waals surface area contributed by atoms with Crippen LogP contribution in [0.5, 0.6) is 0 Å². The van der Waals surface area contributed by atoms with Crippen molar-refractivity contribution in [1.29, 1.82) is 0 Å². The minimum Gasteiger partial charge on any atom is -0.368 e. The molecule has 0 radical (unpaired) electrons. The first kappa shape index (κ1) is 15.7. The average Bonchev–Trinajstić information content (AvgIpc) is 3.15. The van der Waals surface area contributed by atoms with Crippen LogP contribution in [0.3, 0.4) is 0 Å². The summed E-state index contributed by atoms with van der Waals surface area (Å²) in [7, 11) is 0. The number of hydrogen-bond acceptors (Lipinski definition) is 5. The summed E-state index contributed by atoms with van der Waals surface area (Å²) in [5.74, 6) is 1.37. The summed E-state index contributed by atoms with van der Waals surface area (Å²) in [6.07, 6.45) is 2.00. The SMILES string of the molecule is NC[C@@H]1CCO[C@@H]1c1nc(CCc2c(Cl)cccc2Cl)no1. The fraction of sp³-hybridized carbons (Fsp3) is 0.467. The van der Waals surface area contributed by atoms with Gasteiger partial charge in [0.1, 0.15) is 6.10 Å². The third-order valence-corrected chi connectivity index (χ3v) is 4.61. The lowest BCUT2D eigenvalue weighted by Crippen LogP contribution is -2.18. The highest BCUT2D eigenvalue weighted by Gasteiger charge is 2.33. The summed E-state index contributed by atoms with van der Waals surface area (Å²) in [5, 5.41) is 5.31. The molecule has 1 fully saturated rings. The Morgan fingerprint density at radius 2 is 2.00 bits per heavy atom. The Morgan fingerprint density at radius 3 is 2.73 bits per heavy atom. The van der Waals surface area contributed by atoms with Crippen molar-refractivity contribution in [3.8, 4) is 0 Å². The minimum absolute atomic E-state index is 0.185. The topological polar surface area (TPSA) is 74.2 Å². The van der Waals surface area contributed by atoms with Gasteiger partial charge in [0.05, 0.1) is 0 Å². The lowest BCUT2D eigenvalue weighted by Gasteiger charge is -2.11. The molecule has 2 atom stereocenters. The molecule has 1 aromatic heterocycles. The average molecular weight is 342 g/mol. The van der Waals surface area contributed by atoms with Crippen molar-refractivity contribution in [1.82, 2.24) is 10.1 Å². The first-order valence-corrected chi connectivity index (χ1v) is 8.01. The van der Waals surface area contributed by atoms with Gasteiger partial charge in [0.2, 0.25) is 0 Å². The summed E-state index contributed by atoms with van der Waals surface area (Å²) >= 11 is 12.3. The molecule has 0 saturated carbocycles. The molecule has 0 aliphatic carbocycles. The standard InChI is InChI=1S/C15H17Cl2N3O2/c16-11-2-1-3-12(17)10(11)4-5-13-19-15(22-20-13)14-9(8-18)6-7-21-14/h1-3,9,14H,4-8,18H2/t9-,14-/m0/s1. The van der Waals surface area contributed by atoms with Gasteiger partial charge in [0, 0.05) is 29.0 Å². The minimum atomic E-state index is -0.185. The zero-order valence-corrected chi connectivity index (χ0v) is 13.5. The molecule has 0 spiro atoms. The molecule has 2 aromatic rings. The maximum Gasteiger partial charge on any atom is 0.256 e. The predicted octanol–water partition coefficient (Wildman–Crippen LogP) is 3.20. The smallest absolute Gasteiger partial charge is 0.256 e. The Bertz CT molecular complexity index is 627. The number of rotatable bonds is 5. The molecule has 3 rings (SSSR count). The molecule has 7 heteroatoms. The summed E-state index contributed by atoms with van der Waals surface area (Å²) in [5.41, 5.74) is 6.63. The molecule has 0 unspecified atom stereocenters. The highest BCUT2D eigenvalue weighted by atomic mass is 35.5. The van der Waals surface area contributed by atoms with Gasteiger partial charge in [-0.1, -0.05) is 34.4 Å². The maximum absolute atomic E-state index is 6.16. The van der Waals surface area contributed by atoms with E-state index in [-0.39, 0.29) is 12.0 Å². The highest BCUT2D eigenvalue weighted by Crippen LogP contribution is 2.33. The van der Waals surface area contributed by atoms with Crippen LogP contribution < -0.4 is 5.73 Å². The molecule has 1 saturated heterocycles. The van der Waals surface area contributed by atoms with E-state index < -0.39 is 0 Å². The van der Waals surface area contributed by atoms with E-state index in [1.165, 1.54) is 0 Å². The molecule has 22 heavy (non-hydrogen) atoms. The molecule has 118 valence electrons. The molecule has 1 aromatic carbocycles. The number of benzene rings is 1. The van der Waals surface area contributed by atoms with E-state index in [1.54, 1.807) is 0 Å². The fourth-order valence-corrected chi connectivity index (χ4v) is 3.23. The molecular formula is C15H17Cl2N3O2. The number of hydrogen-bond donors (Lipinski definition) is 1. The van der Waals surface area contributed by atoms with Crippen molar-refractivity contribution in [2.24, 2.45) is 11.7 Å². The van der Waals surface area contributed by atoms with E-state index in [1.807, 2.05) is 18.2 Å². The number of aromatic nitrogens is 2. The Labute approximate surface area is 138 Å². The van der Waals surface area contributed by atoms with Crippen molar-refractivity contribution in [3.63, 3.8) is 0 Å². The Kier molecular flexibility index (Phi) is 4.98. The van der Waals surface area contributed by atoms with Gasteiger partial charge in [-0.15, -0.1) is 0 Å². The normalized spacial score (nSPS) is 21.4. The number of nitrogens with two attached hydrogens (primary N) is 1. The van der Waals surface area contributed by atoms with Crippen molar-refractivity contribution in [3.05, 3.63) is 45.5 Å². The number of ether oxygens (including phenoxy) is 1. The molecule has 5 nitrogen and oxygen atoms in total. The molecular weight excluding hydrogens is 325 g/mol. The van der Waals surface area contributed by atoms with Crippen molar-refractivity contribution < 1.29 is 9.26 Å². The van der Waals surface area contributed by atoms with E-state index in [4.69, 9.17) is 38.2 Å². The van der Waals surface area contributed by atoms with Crippen LogP contribution in [0.1, 0.15) is 29.8 Å². The third kappa shape index (κ3) is 3.27. The maximum atomic E-state index is 6.16. The van der Waals surface area contributed by atoms with Crippen LogP contribution in [-0.4, -0.2) is 23.3 Å². The molecule has 2 N–H and O–H groups in total. The zero-order valence-electron chi connectivity index (χ0n) is 12.0. The lowest BCUT2D eigenvalue weighted by molar-refractivity contribution is 0.0642. The van der Waals surface area contributed by atoms with E-state index in [0.717, 1.165) is 12.0 Å². The largest absolute Gasteiger partial charge is 0.368 e. The van der Waals surface area contributed by atoms with Crippen LogP contribution in [0.2, 0.25) is 10.0 Å². The first-order valence-electron chi connectivity index (χ1n) is 7.26. The molecule has 2 heterocycles. The van der Waals surface area contributed by atoms with E-state index in [2.05, 4.69) is 10.1 Å². The summed E-state index contributed by atoms with van der Waals surface area (Å²) in [6.45, 7) is 1.23. The second kappa shape index (κ2) is 6.96. The van der Waals surface area contributed by atoms with Gasteiger partial charge < -0.3 is 15.0 Å². The summed E-state index contributed by atoms with van der Waals surface area (Å²) < 4.78 is 11.0. The Morgan fingerprint density at radius 1 is 1.23 bits per heavy atom. The second-order valence-corrected chi connectivity index (χ2v) is 6.14. The van der Waals surface area contributed by atoms with Crippen LogP contribution in [0.4, 0.5) is 0 Å². The predicted molar refractivity (Wildman–Crippen MR) is 84.0 cm³/mol. The quantitative estimate of drug-likeness (QED) is 0.903. The zero-order chi connectivity index (χ0) is 15.5. The first-order chi connectivity index (χ1) is 10.7. The van der Waals surface area contributed by atoms with Crippen molar-refractivity contribution in [2.45, 2.75) is 25.4 Å². The third-order valence-electron chi connectivity index (χ3n) is 3.90. The van der Waals surface area contributed by atoms with E-state index in [9.17, 15) is 0 Å². The van der Waals surface area contributed by atoms with Crippen LogP contribution in [0.15, 0.2) is 22.7 Å². The molecule has 1 aliphatic rings. The van der Waals surface area contributed by atoms with Gasteiger partial charge >= 0.3 is 0 Å². The summed E-state index contributed by atoms with van der Waals surface area (Å²) in [4.78, 5) is 4.42. The fourth-order valence-electron chi connectivity index (χ4n) is 2.64. The van der Waals surface area contributed by atoms with Crippen LogP contribution in [0, 0.1) is 5.92 Å². The number of aryl methyl sites for hydroxylation is 1. The van der Waals surface area contributed by atoms with Gasteiger partial charge in [-0.3, -0.25) is 0 Å². The Balaban J connectivity index is 1.67. The number of nitrogens with zero attached hydrogens (tertiary/aromatic N) is 2. The van der Waals surface area contributed by atoms with Crippen LogP contribution in [0.25, 0.3) is 0 Å². The molecule has 0 bridgehead atoms. The van der Waals surface area contributed by atoms with Gasteiger partial charge in [-0.05, 0) is 37.1 Å². The molecule has 0 amide bonds. The van der Waals surface area contributed by atoms with Gasteiger partial charge in [0.25, 0.3) is 5.89 Å². The van der Waals surface area contributed by atoms with Gasteiger partial charge in [-0.2, -0.15) is 4.98 Å². The molecule has 1 aliphatic heterocycles. The summed E-state index contributed by atoms with van der Waals surface area (Å²) in [6, 6.07) is 5.47. The second-order valence-electron chi connectivity index (χ2n) is 5.32. The Hall–Kier alpha value is -1.14. The van der Waals surface area contributed by atoms with Gasteiger partial charge in [0.15, 0.2) is 5.82 Å². The highest BCUT2D eigenvalue weighted by molar-refractivity contribution is 6.35. The van der Waals surface area contributed by atoms with E-state index in [0.29, 0.717) is 47.8 Å². The number of halogens is 2. The van der Waals surface area contributed by atoms with Crippen molar-refractivity contribution >= 4 is 23.2 Å². The van der Waals surface area contributed by atoms with Gasteiger partial charge in [-0.25, -0.2) is 0 Å². The monoisotopic (exact) mass is 341 g/mol. The van der Waals surface area contributed by atoms with Crippen molar-refractivity contribution in [2.75, 3.05) is 13.2 Å². The van der Waals surface area contributed by atoms with E-state index >= 15 is 0 Å². The lowest BCUT2D eigenvalue weighted by atomic mass is 10.0.